The van der Waals surface area contributed by atoms with Gasteiger partial charge in [0.2, 0.25) is 0 Å². The lowest BCUT2D eigenvalue weighted by Crippen LogP contribution is -2.28. The first kappa shape index (κ1) is 38.3. The Balaban J connectivity index is 1.02. The van der Waals surface area contributed by atoms with Crippen molar-refractivity contribution in [3.05, 3.63) is 276 Å². The second-order valence-electron chi connectivity index (χ2n) is 18.4. The van der Waals surface area contributed by atoms with E-state index in [0.717, 1.165) is 22.7 Å². The second-order valence-corrected chi connectivity index (χ2v) is 18.4. The zero-order valence-corrected chi connectivity index (χ0v) is 37.0. The summed E-state index contributed by atoms with van der Waals surface area (Å²) in [6.45, 7) is 4.74. The third-order valence-electron chi connectivity index (χ3n) is 14.7. The van der Waals surface area contributed by atoms with Crippen molar-refractivity contribution in [2.45, 2.75) is 24.7 Å². The van der Waals surface area contributed by atoms with Crippen molar-refractivity contribution in [1.29, 1.82) is 0 Å². The van der Waals surface area contributed by atoms with Gasteiger partial charge < -0.3 is 9.47 Å². The molecule has 0 fully saturated rings. The SMILES string of the molecule is CC1(C)c2ccccc2-c2ccc(N(c3ccc(-c4cccc5c4c4ccccc4n5-c4ccccc4)cc3)c3ccc4c(c3)C(c3ccccc3)(c3ccccc3)c3ccccc3-4)cc21. The summed E-state index contributed by atoms with van der Waals surface area (Å²) in [7, 11) is 0. The lowest BCUT2D eigenvalue weighted by molar-refractivity contribution is 0.660. The Morgan fingerprint density at radius 3 is 1.52 bits per heavy atom. The molecule has 312 valence electrons. The molecule has 0 spiro atoms. The number of benzene rings is 10. The van der Waals surface area contributed by atoms with Gasteiger partial charge in [0.25, 0.3) is 0 Å². The molecule has 2 aliphatic rings. The van der Waals surface area contributed by atoms with Gasteiger partial charge in [-0.15, -0.1) is 0 Å². The molecule has 0 radical (unpaired) electrons. The second kappa shape index (κ2) is 14.7. The Bertz CT molecular complexity index is 3620. The molecule has 0 atom stereocenters. The first-order valence-corrected chi connectivity index (χ1v) is 23.1. The molecule has 0 saturated carbocycles. The van der Waals surface area contributed by atoms with Crippen LogP contribution in [0.2, 0.25) is 0 Å². The summed E-state index contributed by atoms with van der Waals surface area (Å²) in [6.07, 6.45) is 0. The van der Waals surface area contributed by atoms with Crippen molar-refractivity contribution in [2.75, 3.05) is 4.90 Å². The molecule has 2 aliphatic carbocycles. The number of nitrogens with zero attached hydrogens (tertiary/aromatic N) is 2. The van der Waals surface area contributed by atoms with Crippen LogP contribution < -0.4 is 4.90 Å². The van der Waals surface area contributed by atoms with Gasteiger partial charge in [-0.05, 0) is 127 Å². The van der Waals surface area contributed by atoms with Gasteiger partial charge in [0, 0.05) is 38.9 Å². The molecule has 0 amide bonds. The molecule has 66 heavy (non-hydrogen) atoms. The average molecular weight is 843 g/mol. The Morgan fingerprint density at radius 1 is 0.348 bits per heavy atom. The fraction of sp³-hybridized carbons (Fsp3) is 0.0625. The van der Waals surface area contributed by atoms with Gasteiger partial charge in [0.05, 0.1) is 16.4 Å². The maximum absolute atomic E-state index is 2.48. The Morgan fingerprint density at radius 2 is 0.833 bits per heavy atom. The van der Waals surface area contributed by atoms with Gasteiger partial charge in [-0.25, -0.2) is 0 Å². The molecular weight excluding hydrogens is 797 g/mol. The lowest BCUT2D eigenvalue weighted by Gasteiger charge is -2.35. The minimum atomic E-state index is -0.515. The summed E-state index contributed by atoms with van der Waals surface area (Å²) in [5.41, 5.74) is 21.7. The largest absolute Gasteiger partial charge is 0.310 e. The molecule has 0 N–H and O–H groups in total. The summed E-state index contributed by atoms with van der Waals surface area (Å²) >= 11 is 0. The molecule has 2 nitrogen and oxygen atoms in total. The van der Waals surface area contributed by atoms with Crippen LogP contribution in [0.1, 0.15) is 47.2 Å². The summed E-state index contributed by atoms with van der Waals surface area (Å²) in [6, 6.07) is 90.0. The summed E-state index contributed by atoms with van der Waals surface area (Å²) in [4.78, 5) is 2.48. The normalized spacial score (nSPS) is 13.8. The topological polar surface area (TPSA) is 8.17 Å². The van der Waals surface area contributed by atoms with Crippen molar-refractivity contribution >= 4 is 38.9 Å². The third kappa shape index (κ3) is 5.48. The van der Waals surface area contributed by atoms with E-state index in [9.17, 15) is 0 Å². The number of rotatable bonds is 7. The zero-order chi connectivity index (χ0) is 44.0. The highest BCUT2D eigenvalue weighted by molar-refractivity contribution is 6.15. The van der Waals surface area contributed by atoms with E-state index in [0.29, 0.717) is 0 Å². The van der Waals surface area contributed by atoms with E-state index in [1.165, 1.54) is 88.6 Å². The van der Waals surface area contributed by atoms with Gasteiger partial charge in [0.15, 0.2) is 0 Å². The van der Waals surface area contributed by atoms with Gasteiger partial charge in [-0.1, -0.05) is 196 Å². The van der Waals surface area contributed by atoms with Gasteiger partial charge in [-0.3, -0.25) is 0 Å². The Kier molecular flexibility index (Phi) is 8.51. The van der Waals surface area contributed by atoms with Crippen molar-refractivity contribution in [2.24, 2.45) is 0 Å². The maximum atomic E-state index is 2.48. The van der Waals surface area contributed by atoms with Gasteiger partial charge in [-0.2, -0.15) is 0 Å². The summed E-state index contributed by atoms with van der Waals surface area (Å²) in [5, 5.41) is 2.51. The van der Waals surface area contributed by atoms with Crippen LogP contribution >= 0.6 is 0 Å². The highest BCUT2D eigenvalue weighted by atomic mass is 15.1. The first-order valence-electron chi connectivity index (χ1n) is 23.1. The van der Waals surface area contributed by atoms with E-state index < -0.39 is 5.41 Å². The average Bonchev–Trinajstić information content (AvgIpc) is 3.96. The molecule has 0 bridgehead atoms. The van der Waals surface area contributed by atoms with Crippen LogP contribution in [-0.2, 0) is 10.8 Å². The van der Waals surface area contributed by atoms with Crippen LogP contribution in [0.3, 0.4) is 0 Å². The Hall–Kier alpha value is -8.20. The minimum Gasteiger partial charge on any atom is -0.310 e. The molecule has 1 heterocycles. The molecule has 10 aromatic carbocycles. The molecule has 0 aliphatic heterocycles. The van der Waals surface area contributed by atoms with E-state index in [1.807, 2.05) is 0 Å². The number of hydrogen-bond acceptors (Lipinski definition) is 1. The first-order chi connectivity index (χ1) is 32.5. The summed E-state index contributed by atoms with van der Waals surface area (Å²) in [5.74, 6) is 0. The van der Waals surface area contributed by atoms with Crippen LogP contribution in [-0.4, -0.2) is 4.57 Å². The predicted molar refractivity (Wildman–Crippen MR) is 276 cm³/mol. The molecule has 0 unspecified atom stereocenters. The van der Waals surface area contributed by atoms with Gasteiger partial charge >= 0.3 is 0 Å². The number of aromatic nitrogens is 1. The monoisotopic (exact) mass is 842 g/mol. The van der Waals surface area contributed by atoms with Crippen molar-refractivity contribution in [3.8, 4) is 39.1 Å². The van der Waals surface area contributed by atoms with Crippen LogP contribution in [0.15, 0.2) is 243 Å². The van der Waals surface area contributed by atoms with E-state index >= 15 is 0 Å². The minimum absolute atomic E-state index is 0.148. The highest BCUT2D eigenvalue weighted by Gasteiger charge is 2.46. The van der Waals surface area contributed by atoms with Gasteiger partial charge in [0.1, 0.15) is 0 Å². The van der Waals surface area contributed by atoms with Crippen molar-refractivity contribution in [1.82, 2.24) is 4.57 Å². The number of hydrogen-bond donors (Lipinski definition) is 0. The maximum Gasteiger partial charge on any atom is 0.0714 e. The van der Waals surface area contributed by atoms with Crippen molar-refractivity contribution < 1.29 is 0 Å². The van der Waals surface area contributed by atoms with E-state index in [-0.39, 0.29) is 5.41 Å². The number of para-hydroxylation sites is 2. The van der Waals surface area contributed by atoms with E-state index in [4.69, 9.17) is 0 Å². The fourth-order valence-corrected chi connectivity index (χ4v) is 11.8. The van der Waals surface area contributed by atoms with Crippen LogP contribution in [0.25, 0.3) is 60.9 Å². The lowest BCUT2D eigenvalue weighted by atomic mass is 9.67. The number of fused-ring (bicyclic) bond motifs is 9. The molecule has 0 saturated heterocycles. The number of anilines is 3. The fourth-order valence-electron chi connectivity index (χ4n) is 11.8. The van der Waals surface area contributed by atoms with Crippen LogP contribution in [0.4, 0.5) is 17.1 Å². The molecule has 1 aromatic heterocycles. The predicted octanol–water partition coefficient (Wildman–Crippen LogP) is 16.6. The molecule has 13 rings (SSSR count). The molecular formula is C64H46N2. The van der Waals surface area contributed by atoms with Crippen LogP contribution in [0, 0.1) is 0 Å². The van der Waals surface area contributed by atoms with E-state index in [2.05, 4.69) is 266 Å². The smallest absolute Gasteiger partial charge is 0.0714 e. The molecule has 2 heteroatoms. The third-order valence-corrected chi connectivity index (χ3v) is 14.7. The van der Waals surface area contributed by atoms with Crippen LogP contribution in [0.5, 0.6) is 0 Å². The standard InChI is InChI=1S/C64H46N2/c1-63(2)56-29-15-12-25-51(56)53-39-37-48(41-58(53)63)65(47-35-33-43(34-36-47)50-28-18-32-61-62(50)55-27-14-17-31-60(55)66(61)46-23-10-5-11-24-46)49-38-40-54-52-26-13-16-30-57(52)64(59(54)42-49,44-19-6-3-7-20-44)45-21-8-4-9-22-45/h3-42H,1-2H3. The molecule has 11 aromatic rings. The Labute approximate surface area is 386 Å². The van der Waals surface area contributed by atoms with Crippen molar-refractivity contribution in [3.63, 3.8) is 0 Å². The zero-order valence-electron chi connectivity index (χ0n) is 37.0. The summed E-state index contributed by atoms with van der Waals surface area (Å²) < 4.78 is 2.40. The van der Waals surface area contributed by atoms with E-state index in [1.54, 1.807) is 0 Å². The highest BCUT2D eigenvalue weighted by Crippen LogP contribution is 2.58. The quantitative estimate of drug-likeness (QED) is 0.155.